The van der Waals surface area contributed by atoms with Gasteiger partial charge in [-0.1, -0.05) is 42.5 Å². The molecule has 0 saturated carbocycles. The highest BCUT2D eigenvalue weighted by molar-refractivity contribution is 5.93. The molecular formula is C23H21FN6O. The van der Waals surface area contributed by atoms with E-state index in [1.54, 1.807) is 22.7 Å². The summed E-state index contributed by atoms with van der Waals surface area (Å²) in [5, 5.41) is 7.06. The van der Waals surface area contributed by atoms with Crippen LogP contribution in [0.4, 0.5) is 15.9 Å². The first-order valence-electron chi connectivity index (χ1n) is 10.3. The van der Waals surface area contributed by atoms with Crippen LogP contribution in [-0.2, 0) is 4.79 Å². The molecule has 3 heterocycles. The van der Waals surface area contributed by atoms with Gasteiger partial charge in [0.1, 0.15) is 18.0 Å². The molecule has 4 aromatic rings. The number of para-hydroxylation sites is 1. The molecule has 2 aromatic carbocycles. The number of hydrogen-bond donors (Lipinski definition) is 1. The van der Waals surface area contributed by atoms with Crippen molar-refractivity contribution in [3.05, 3.63) is 72.8 Å². The highest BCUT2D eigenvalue weighted by Crippen LogP contribution is 2.28. The predicted octanol–water partition coefficient (Wildman–Crippen LogP) is 3.79. The van der Waals surface area contributed by atoms with Crippen molar-refractivity contribution in [3.63, 3.8) is 0 Å². The lowest BCUT2D eigenvalue weighted by molar-refractivity contribution is -0.120. The first-order chi connectivity index (χ1) is 15.2. The SMILES string of the molecule is O=C(Nc1ccccc1F)[C@@H]1CCCN(c2cc(-c3ccccc3)nc3ncnn23)C1. The Balaban J connectivity index is 1.43. The summed E-state index contributed by atoms with van der Waals surface area (Å²) in [6, 6.07) is 18.1. The molecule has 0 bridgehead atoms. The fourth-order valence-electron chi connectivity index (χ4n) is 3.98. The van der Waals surface area contributed by atoms with Crippen LogP contribution in [0.5, 0.6) is 0 Å². The van der Waals surface area contributed by atoms with Gasteiger partial charge in [0.25, 0.3) is 5.78 Å². The molecule has 156 valence electrons. The maximum Gasteiger partial charge on any atom is 0.254 e. The molecule has 0 unspecified atom stereocenters. The van der Waals surface area contributed by atoms with Crippen molar-refractivity contribution in [2.45, 2.75) is 12.8 Å². The van der Waals surface area contributed by atoms with Crippen LogP contribution < -0.4 is 10.2 Å². The molecule has 1 N–H and O–H groups in total. The minimum atomic E-state index is -0.436. The summed E-state index contributed by atoms with van der Waals surface area (Å²) < 4.78 is 15.7. The van der Waals surface area contributed by atoms with Crippen LogP contribution in [-0.4, -0.2) is 38.6 Å². The van der Waals surface area contributed by atoms with Crippen molar-refractivity contribution in [2.75, 3.05) is 23.3 Å². The van der Waals surface area contributed by atoms with E-state index in [9.17, 15) is 9.18 Å². The number of aromatic nitrogens is 4. The number of hydrogen-bond acceptors (Lipinski definition) is 5. The zero-order valence-corrected chi connectivity index (χ0v) is 16.8. The van der Waals surface area contributed by atoms with Crippen LogP contribution >= 0.6 is 0 Å². The number of anilines is 2. The van der Waals surface area contributed by atoms with Crippen molar-refractivity contribution in [1.82, 2.24) is 19.6 Å². The Morgan fingerprint density at radius 2 is 1.90 bits per heavy atom. The van der Waals surface area contributed by atoms with E-state index in [-0.39, 0.29) is 17.5 Å². The van der Waals surface area contributed by atoms with Gasteiger partial charge in [-0.05, 0) is 25.0 Å². The van der Waals surface area contributed by atoms with Crippen LogP contribution in [0, 0.1) is 11.7 Å². The average molecular weight is 416 g/mol. The second-order valence-electron chi connectivity index (χ2n) is 7.59. The highest BCUT2D eigenvalue weighted by Gasteiger charge is 2.28. The highest BCUT2D eigenvalue weighted by atomic mass is 19.1. The molecule has 1 atom stereocenters. The Morgan fingerprint density at radius 3 is 2.74 bits per heavy atom. The topological polar surface area (TPSA) is 75.4 Å². The van der Waals surface area contributed by atoms with Gasteiger partial charge in [-0.15, -0.1) is 0 Å². The summed E-state index contributed by atoms with van der Waals surface area (Å²) in [4.78, 5) is 23.9. The van der Waals surface area contributed by atoms with Crippen LogP contribution in [0.25, 0.3) is 17.0 Å². The Kier molecular flexibility index (Phi) is 5.03. The Labute approximate surface area is 178 Å². The van der Waals surface area contributed by atoms with Crippen LogP contribution in [0.15, 0.2) is 67.0 Å². The van der Waals surface area contributed by atoms with E-state index in [1.807, 2.05) is 36.4 Å². The lowest BCUT2D eigenvalue weighted by Gasteiger charge is -2.33. The molecule has 1 fully saturated rings. The molecular weight excluding hydrogens is 395 g/mol. The smallest absolute Gasteiger partial charge is 0.254 e. The molecule has 1 aliphatic heterocycles. The number of benzene rings is 2. The van der Waals surface area contributed by atoms with Gasteiger partial charge in [0.15, 0.2) is 0 Å². The molecule has 8 heteroatoms. The number of nitrogens with one attached hydrogen (secondary N) is 1. The fraction of sp³-hybridized carbons (Fsp3) is 0.217. The summed E-state index contributed by atoms with van der Waals surface area (Å²) in [6.07, 6.45) is 3.06. The van der Waals surface area contributed by atoms with E-state index in [4.69, 9.17) is 0 Å². The van der Waals surface area contributed by atoms with Gasteiger partial charge in [0.2, 0.25) is 5.91 Å². The molecule has 1 aliphatic rings. The Hall–Kier alpha value is -3.81. The number of fused-ring (bicyclic) bond motifs is 1. The number of amides is 1. The van der Waals surface area contributed by atoms with E-state index in [2.05, 4.69) is 25.3 Å². The Morgan fingerprint density at radius 1 is 1.10 bits per heavy atom. The number of carbonyl (C=O) groups excluding carboxylic acids is 1. The normalized spacial score (nSPS) is 16.4. The van der Waals surface area contributed by atoms with Crippen molar-refractivity contribution < 1.29 is 9.18 Å². The molecule has 1 saturated heterocycles. The summed E-state index contributed by atoms with van der Waals surface area (Å²) in [6.45, 7) is 1.30. The largest absolute Gasteiger partial charge is 0.356 e. The second-order valence-corrected chi connectivity index (χ2v) is 7.59. The number of piperidine rings is 1. The van der Waals surface area contributed by atoms with Crippen molar-refractivity contribution >= 4 is 23.2 Å². The van der Waals surface area contributed by atoms with Crippen LogP contribution in [0.2, 0.25) is 0 Å². The maximum absolute atomic E-state index is 14.0. The van der Waals surface area contributed by atoms with Gasteiger partial charge >= 0.3 is 0 Å². The van der Waals surface area contributed by atoms with Crippen molar-refractivity contribution in [1.29, 1.82) is 0 Å². The minimum absolute atomic E-state index is 0.179. The molecule has 31 heavy (non-hydrogen) atoms. The van der Waals surface area contributed by atoms with E-state index in [1.165, 1.54) is 12.4 Å². The van der Waals surface area contributed by atoms with Crippen LogP contribution in [0.3, 0.4) is 0 Å². The van der Waals surface area contributed by atoms with Gasteiger partial charge in [-0.25, -0.2) is 9.37 Å². The lowest BCUT2D eigenvalue weighted by atomic mass is 9.97. The molecule has 7 nitrogen and oxygen atoms in total. The molecule has 0 spiro atoms. The molecule has 2 aromatic heterocycles. The monoisotopic (exact) mass is 416 g/mol. The van der Waals surface area contributed by atoms with Gasteiger partial charge < -0.3 is 10.2 Å². The number of carbonyl (C=O) groups is 1. The van der Waals surface area contributed by atoms with Crippen molar-refractivity contribution in [2.24, 2.45) is 5.92 Å². The van der Waals surface area contributed by atoms with E-state index in [0.29, 0.717) is 12.3 Å². The average Bonchev–Trinajstić information content (AvgIpc) is 3.29. The first-order valence-corrected chi connectivity index (χ1v) is 10.3. The summed E-state index contributed by atoms with van der Waals surface area (Å²) >= 11 is 0. The third kappa shape index (κ3) is 3.84. The third-order valence-electron chi connectivity index (χ3n) is 5.55. The summed E-state index contributed by atoms with van der Waals surface area (Å²) in [5.41, 5.74) is 1.99. The third-order valence-corrected chi connectivity index (χ3v) is 5.55. The summed E-state index contributed by atoms with van der Waals surface area (Å²) in [5.74, 6) is 0.468. The maximum atomic E-state index is 14.0. The van der Waals surface area contributed by atoms with Gasteiger partial charge in [0, 0.05) is 24.7 Å². The molecule has 0 aliphatic carbocycles. The second kappa shape index (κ2) is 8.14. The van der Waals surface area contributed by atoms with E-state index >= 15 is 0 Å². The summed E-state index contributed by atoms with van der Waals surface area (Å²) in [7, 11) is 0. The number of nitrogens with zero attached hydrogens (tertiary/aromatic N) is 5. The first kappa shape index (κ1) is 19.2. The minimum Gasteiger partial charge on any atom is -0.356 e. The quantitative estimate of drug-likeness (QED) is 0.548. The standard InChI is InChI=1S/C23H21FN6O/c24-18-10-4-5-11-19(18)27-22(31)17-9-6-12-29(14-17)21-13-20(16-7-2-1-3-8-16)28-23-25-15-26-30(21)23/h1-5,7-8,10-11,13,15,17H,6,9,12,14H2,(H,27,31)/t17-/m1/s1. The zero-order valence-electron chi connectivity index (χ0n) is 16.8. The van der Waals surface area contributed by atoms with Gasteiger partial charge in [-0.3, -0.25) is 4.79 Å². The van der Waals surface area contributed by atoms with E-state index < -0.39 is 5.82 Å². The van der Waals surface area contributed by atoms with Gasteiger partial charge in [-0.2, -0.15) is 14.6 Å². The molecule has 1 amide bonds. The number of halogens is 1. The fourth-order valence-corrected chi connectivity index (χ4v) is 3.98. The number of rotatable bonds is 4. The lowest BCUT2D eigenvalue weighted by Crippen LogP contribution is -2.41. The zero-order chi connectivity index (χ0) is 21.2. The van der Waals surface area contributed by atoms with Gasteiger partial charge in [0.05, 0.1) is 17.3 Å². The molecule has 0 radical (unpaired) electrons. The van der Waals surface area contributed by atoms with Crippen LogP contribution in [0.1, 0.15) is 12.8 Å². The molecule has 5 rings (SSSR count). The predicted molar refractivity (Wildman–Crippen MR) is 116 cm³/mol. The van der Waals surface area contributed by atoms with E-state index in [0.717, 1.165) is 36.5 Å². The Bertz CT molecular complexity index is 1230. The van der Waals surface area contributed by atoms with Crippen molar-refractivity contribution in [3.8, 4) is 11.3 Å².